The summed E-state index contributed by atoms with van der Waals surface area (Å²) in [5, 5.41) is 3.53. The Bertz CT molecular complexity index is 457. The minimum atomic E-state index is 0.416. The monoisotopic (exact) mass is 293 g/mol. The van der Waals surface area contributed by atoms with Crippen LogP contribution in [0.1, 0.15) is 56.5 Å². The highest BCUT2D eigenvalue weighted by Crippen LogP contribution is 2.21. The molecule has 3 N–H and O–H groups in total. The number of pyridine rings is 1. The summed E-state index contributed by atoms with van der Waals surface area (Å²) >= 11 is 5.16. The van der Waals surface area contributed by atoms with Crippen molar-refractivity contribution in [2.45, 2.75) is 53.4 Å². The molecule has 4 heteroatoms. The quantitative estimate of drug-likeness (QED) is 0.712. The Kier molecular flexibility index (Phi) is 6.93. The first-order valence-corrected chi connectivity index (χ1v) is 7.92. The zero-order valence-electron chi connectivity index (χ0n) is 13.1. The van der Waals surface area contributed by atoms with Crippen molar-refractivity contribution in [3.8, 4) is 0 Å². The molecule has 0 aliphatic heterocycles. The Balaban J connectivity index is 2.83. The molecule has 0 spiro atoms. The lowest BCUT2D eigenvalue weighted by Gasteiger charge is -2.19. The summed E-state index contributed by atoms with van der Waals surface area (Å²) in [6.07, 6.45) is 5.00. The fourth-order valence-corrected chi connectivity index (χ4v) is 2.73. The van der Waals surface area contributed by atoms with E-state index in [-0.39, 0.29) is 0 Å². The third-order valence-corrected chi connectivity index (χ3v) is 3.90. The first kappa shape index (κ1) is 16.9. The molecular weight excluding hydrogens is 266 g/mol. The number of hydrogen-bond acceptors (Lipinski definition) is 3. The fraction of sp³-hybridized carbons (Fsp3) is 0.625. The van der Waals surface area contributed by atoms with Crippen LogP contribution in [0.15, 0.2) is 6.07 Å². The zero-order chi connectivity index (χ0) is 15.1. The average Bonchev–Trinajstić information content (AvgIpc) is 2.37. The van der Waals surface area contributed by atoms with Crippen LogP contribution in [0.5, 0.6) is 0 Å². The van der Waals surface area contributed by atoms with Crippen LogP contribution in [0.3, 0.4) is 0 Å². The van der Waals surface area contributed by atoms with Crippen LogP contribution < -0.4 is 11.1 Å². The van der Waals surface area contributed by atoms with Crippen LogP contribution in [-0.2, 0) is 0 Å². The van der Waals surface area contributed by atoms with E-state index < -0.39 is 0 Å². The van der Waals surface area contributed by atoms with Gasteiger partial charge in [-0.05, 0) is 32.3 Å². The van der Waals surface area contributed by atoms with Crippen LogP contribution in [0.4, 0.5) is 5.69 Å². The molecule has 1 heterocycles. The number of rotatable bonds is 8. The number of anilines is 1. The maximum absolute atomic E-state index is 5.84. The molecule has 0 aliphatic carbocycles. The van der Waals surface area contributed by atoms with E-state index in [9.17, 15) is 0 Å². The molecule has 0 radical (unpaired) electrons. The Hall–Kier alpha value is -1.16. The smallest absolute Gasteiger partial charge is 0.107 e. The molecular formula is C16H27N3S. The molecule has 1 atom stereocenters. The van der Waals surface area contributed by atoms with Crippen molar-refractivity contribution in [1.29, 1.82) is 0 Å². The lowest BCUT2D eigenvalue weighted by molar-refractivity contribution is 0.473. The minimum absolute atomic E-state index is 0.416. The number of aryl methyl sites for hydroxylation is 2. The van der Waals surface area contributed by atoms with Crippen molar-refractivity contribution in [3.63, 3.8) is 0 Å². The van der Waals surface area contributed by atoms with Crippen molar-refractivity contribution < 1.29 is 0 Å². The fourth-order valence-electron chi connectivity index (χ4n) is 2.48. The van der Waals surface area contributed by atoms with Gasteiger partial charge in [-0.3, -0.25) is 4.98 Å². The molecule has 1 unspecified atom stereocenters. The van der Waals surface area contributed by atoms with Crippen LogP contribution in [0.2, 0.25) is 0 Å². The molecule has 1 aromatic heterocycles. The second-order valence-electron chi connectivity index (χ2n) is 5.43. The number of unbranched alkanes of at least 4 members (excludes halogenated alkanes) is 1. The number of nitrogens with one attached hydrogen (secondary N) is 1. The number of nitrogens with zero attached hydrogens (tertiary/aromatic N) is 1. The van der Waals surface area contributed by atoms with Gasteiger partial charge in [0.05, 0.1) is 5.56 Å². The summed E-state index contributed by atoms with van der Waals surface area (Å²) in [7, 11) is 0. The molecule has 1 aromatic rings. The lowest BCUT2D eigenvalue weighted by Crippen LogP contribution is -2.19. The third kappa shape index (κ3) is 4.75. The highest BCUT2D eigenvalue weighted by molar-refractivity contribution is 7.80. The predicted octanol–water partition coefficient (Wildman–Crippen LogP) is 3.96. The molecule has 0 saturated carbocycles. The predicted molar refractivity (Wildman–Crippen MR) is 91.4 cm³/mol. The van der Waals surface area contributed by atoms with E-state index in [0.29, 0.717) is 10.9 Å². The van der Waals surface area contributed by atoms with Crippen LogP contribution in [0.25, 0.3) is 0 Å². The second-order valence-corrected chi connectivity index (χ2v) is 5.87. The topological polar surface area (TPSA) is 50.9 Å². The van der Waals surface area contributed by atoms with Crippen molar-refractivity contribution in [2.75, 3.05) is 11.9 Å². The maximum Gasteiger partial charge on any atom is 0.107 e. The first-order valence-electron chi connectivity index (χ1n) is 7.51. The highest BCUT2D eigenvalue weighted by Gasteiger charge is 2.12. The van der Waals surface area contributed by atoms with Gasteiger partial charge in [0.25, 0.3) is 0 Å². The number of thiocarbonyl (C=S) groups is 1. The Morgan fingerprint density at radius 3 is 2.65 bits per heavy atom. The molecule has 0 saturated heterocycles. The second kappa shape index (κ2) is 8.20. The van der Waals surface area contributed by atoms with Gasteiger partial charge >= 0.3 is 0 Å². The van der Waals surface area contributed by atoms with E-state index in [4.69, 9.17) is 18.0 Å². The van der Waals surface area contributed by atoms with Gasteiger partial charge in [0.15, 0.2) is 0 Å². The number of nitrogens with two attached hydrogens (primary N) is 1. The van der Waals surface area contributed by atoms with Crippen molar-refractivity contribution in [1.82, 2.24) is 4.98 Å². The lowest BCUT2D eigenvalue weighted by atomic mass is 9.99. The maximum atomic E-state index is 5.84. The van der Waals surface area contributed by atoms with E-state index in [0.717, 1.165) is 29.2 Å². The molecule has 0 fully saturated rings. The molecule has 0 bridgehead atoms. The Morgan fingerprint density at radius 1 is 1.40 bits per heavy atom. The van der Waals surface area contributed by atoms with Crippen LogP contribution in [0, 0.1) is 19.8 Å². The Morgan fingerprint density at radius 2 is 2.10 bits per heavy atom. The van der Waals surface area contributed by atoms with Gasteiger partial charge < -0.3 is 11.1 Å². The third-order valence-electron chi connectivity index (χ3n) is 3.70. The van der Waals surface area contributed by atoms with Crippen LogP contribution >= 0.6 is 12.2 Å². The van der Waals surface area contributed by atoms with Gasteiger partial charge in [-0.2, -0.15) is 0 Å². The number of aromatic nitrogens is 1. The molecule has 1 rings (SSSR count). The molecule has 0 aromatic carbocycles. The van der Waals surface area contributed by atoms with Crippen molar-refractivity contribution in [2.24, 2.45) is 11.7 Å². The van der Waals surface area contributed by atoms with Crippen LogP contribution in [-0.4, -0.2) is 16.5 Å². The van der Waals surface area contributed by atoms with Crippen molar-refractivity contribution in [3.05, 3.63) is 23.0 Å². The average molecular weight is 293 g/mol. The first-order chi connectivity index (χ1) is 9.49. The van der Waals surface area contributed by atoms with E-state index in [1.807, 2.05) is 19.9 Å². The summed E-state index contributed by atoms with van der Waals surface area (Å²) in [6.45, 7) is 9.41. The van der Waals surface area contributed by atoms with Gasteiger partial charge in [0.2, 0.25) is 0 Å². The standard InChI is InChI=1S/C16H27N3S/c1-5-7-8-13(6-2)10-18-14-9-11(3)19-12(4)15(14)16(17)20/h9,13H,5-8,10H2,1-4H3,(H2,17,20)(H,18,19). The molecule has 112 valence electrons. The van der Waals surface area contributed by atoms with E-state index in [2.05, 4.69) is 24.1 Å². The summed E-state index contributed by atoms with van der Waals surface area (Å²) in [6, 6.07) is 2.04. The SMILES string of the molecule is CCCCC(CC)CNc1cc(C)nc(C)c1C(N)=S. The summed E-state index contributed by atoms with van der Waals surface area (Å²) in [5.41, 5.74) is 9.64. The largest absolute Gasteiger partial charge is 0.389 e. The van der Waals surface area contributed by atoms with Gasteiger partial charge in [-0.15, -0.1) is 0 Å². The normalized spacial score (nSPS) is 12.2. The van der Waals surface area contributed by atoms with Gasteiger partial charge in [0, 0.05) is 23.6 Å². The number of hydrogen-bond donors (Lipinski definition) is 2. The summed E-state index contributed by atoms with van der Waals surface area (Å²) < 4.78 is 0. The van der Waals surface area contributed by atoms with E-state index in [1.165, 1.54) is 25.7 Å². The summed E-state index contributed by atoms with van der Waals surface area (Å²) in [4.78, 5) is 4.86. The zero-order valence-corrected chi connectivity index (χ0v) is 13.9. The Labute approximate surface area is 128 Å². The molecule has 20 heavy (non-hydrogen) atoms. The van der Waals surface area contributed by atoms with E-state index in [1.54, 1.807) is 0 Å². The van der Waals surface area contributed by atoms with Gasteiger partial charge in [-0.1, -0.05) is 45.3 Å². The van der Waals surface area contributed by atoms with Crippen molar-refractivity contribution >= 4 is 22.9 Å². The molecule has 0 aliphatic rings. The highest BCUT2D eigenvalue weighted by atomic mass is 32.1. The van der Waals surface area contributed by atoms with Gasteiger partial charge in [-0.25, -0.2) is 0 Å². The molecule has 3 nitrogen and oxygen atoms in total. The van der Waals surface area contributed by atoms with Gasteiger partial charge in [0.1, 0.15) is 4.99 Å². The minimum Gasteiger partial charge on any atom is -0.389 e. The van der Waals surface area contributed by atoms with E-state index >= 15 is 0 Å². The molecule has 0 amide bonds. The summed E-state index contributed by atoms with van der Waals surface area (Å²) in [5.74, 6) is 0.697.